The molecule has 1 N–H and O–H groups in total. The van der Waals surface area contributed by atoms with Crippen molar-refractivity contribution in [2.45, 2.75) is 40.2 Å². The summed E-state index contributed by atoms with van der Waals surface area (Å²) in [6.07, 6.45) is 5.08. The lowest BCUT2D eigenvalue weighted by molar-refractivity contribution is -0.116. The third-order valence-corrected chi connectivity index (χ3v) is 3.33. The predicted molar refractivity (Wildman–Crippen MR) is 80.8 cm³/mol. The normalized spacial score (nSPS) is 10.6. The van der Waals surface area contributed by atoms with Gasteiger partial charge in [0.15, 0.2) is 0 Å². The highest BCUT2D eigenvalue weighted by molar-refractivity contribution is 5.92. The number of amides is 1. The first-order valence-electron chi connectivity index (χ1n) is 6.97. The van der Waals surface area contributed by atoms with Crippen LogP contribution in [0.2, 0.25) is 0 Å². The van der Waals surface area contributed by atoms with E-state index in [2.05, 4.69) is 23.4 Å². The van der Waals surface area contributed by atoms with Crippen molar-refractivity contribution in [2.75, 3.05) is 5.32 Å². The molecule has 0 aliphatic carbocycles. The van der Waals surface area contributed by atoms with Gasteiger partial charge in [-0.1, -0.05) is 25.1 Å². The molecule has 0 saturated heterocycles. The molecule has 1 aromatic carbocycles. The minimum absolute atomic E-state index is 0.0298. The molecule has 0 fully saturated rings. The summed E-state index contributed by atoms with van der Waals surface area (Å²) in [7, 11) is 0. The summed E-state index contributed by atoms with van der Waals surface area (Å²) in [4.78, 5) is 12.1. The number of carbonyl (C=O) groups is 1. The Bertz CT molecular complexity index is 602. The van der Waals surface area contributed by atoms with Crippen LogP contribution in [0.15, 0.2) is 30.6 Å². The van der Waals surface area contributed by atoms with Crippen molar-refractivity contribution in [1.29, 1.82) is 0 Å². The van der Waals surface area contributed by atoms with E-state index in [0.29, 0.717) is 13.0 Å². The molecule has 0 spiro atoms. The van der Waals surface area contributed by atoms with Crippen molar-refractivity contribution in [3.8, 4) is 0 Å². The minimum Gasteiger partial charge on any atom is -0.326 e. The number of aromatic nitrogens is 2. The lowest BCUT2D eigenvalue weighted by atomic mass is 10.1. The molecule has 2 aromatic rings. The fourth-order valence-electron chi connectivity index (χ4n) is 2.21. The van der Waals surface area contributed by atoms with Gasteiger partial charge in [0.1, 0.15) is 0 Å². The van der Waals surface area contributed by atoms with Crippen molar-refractivity contribution in [2.24, 2.45) is 0 Å². The number of benzene rings is 1. The first-order valence-corrected chi connectivity index (χ1v) is 6.97. The van der Waals surface area contributed by atoms with Gasteiger partial charge in [-0.25, -0.2) is 0 Å². The van der Waals surface area contributed by atoms with E-state index >= 15 is 0 Å². The summed E-state index contributed by atoms with van der Waals surface area (Å²) in [6, 6.07) is 6.10. The number of para-hydroxylation sites is 1. The van der Waals surface area contributed by atoms with Crippen LogP contribution in [0.3, 0.4) is 0 Å². The van der Waals surface area contributed by atoms with Crippen LogP contribution in [0.25, 0.3) is 0 Å². The average Bonchev–Trinajstić information content (AvgIpc) is 2.84. The van der Waals surface area contributed by atoms with Crippen LogP contribution in [0.1, 0.15) is 30.0 Å². The Balaban J connectivity index is 1.98. The Kier molecular flexibility index (Phi) is 4.56. The maximum atomic E-state index is 12.1. The Morgan fingerprint density at radius 2 is 2.15 bits per heavy atom. The fourth-order valence-corrected chi connectivity index (χ4v) is 2.21. The summed E-state index contributed by atoms with van der Waals surface area (Å²) < 4.78 is 1.80. The SMILES string of the molecule is CCc1cccc(C)c1NC(=O)CCn1cc(C)cn1. The van der Waals surface area contributed by atoms with Crippen molar-refractivity contribution in [3.05, 3.63) is 47.3 Å². The van der Waals surface area contributed by atoms with Crippen LogP contribution in [0, 0.1) is 13.8 Å². The predicted octanol–water partition coefficient (Wildman–Crippen LogP) is 3.09. The van der Waals surface area contributed by atoms with Crippen molar-refractivity contribution in [1.82, 2.24) is 9.78 Å². The third kappa shape index (κ3) is 3.47. The summed E-state index contributed by atoms with van der Waals surface area (Å²) in [6.45, 7) is 6.71. The summed E-state index contributed by atoms with van der Waals surface area (Å²) in [5.74, 6) is 0.0298. The van der Waals surface area contributed by atoms with Crippen LogP contribution >= 0.6 is 0 Å². The monoisotopic (exact) mass is 271 g/mol. The van der Waals surface area contributed by atoms with E-state index in [-0.39, 0.29) is 5.91 Å². The molecule has 1 aromatic heterocycles. The Labute approximate surface area is 119 Å². The van der Waals surface area contributed by atoms with E-state index in [1.165, 1.54) is 5.56 Å². The van der Waals surface area contributed by atoms with E-state index in [0.717, 1.165) is 23.2 Å². The Hall–Kier alpha value is -2.10. The first kappa shape index (κ1) is 14.3. The second-order valence-electron chi connectivity index (χ2n) is 5.04. The molecule has 0 aliphatic heterocycles. The summed E-state index contributed by atoms with van der Waals surface area (Å²) in [5, 5.41) is 7.21. The summed E-state index contributed by atoms with van der Waals surface area (Å²) >= 11 is 0. The van der Waals surface area contributed by atoms with Gasteiger partial charge in [-0.2, -0.15) is 5.10 Å². The van der Waals surface area contributed by atoms with Crippen LogP contribution in [-0.4, -0.2) is 15.7 Å². The maximum absolute atomic E-state index is 12.1. The zero-order chi connectivity index (χ0) is 14.5. The van der Waals surface area contributed by atoms with E-state index in [4.69, 9.17) is 0 Å². The lowest BCUT2D eigenvalue weighted by Crippen LogP contribution is -2.16. The second kappa shape index (κ2) is 6.37. The highest BCUT2D eigenvalue weighted by Crippen LogP contribution is 2.21. The van der Waals surface area contributed by atoms with E-state index < -0.39 is 0 Å². The van der Waals surface area contributed by atoms with Crippen molar-refractivity contribution in [3.63, 3.8) is 0 Å². The molecule has 1 amide bonds. The van der Waals surface area contributed by atoms with Crippen molar-refractivity contribution >= 4 is 11.6 Å². The largest absolute Gasteiger partial charge is 0.326 e. The molecule has 0 radical (unpaired) electrons. The number of nitrogens with one attached hydrogen (secondary N) is 1. The average molecular weight is 271 g/mol. The minimum atomic E-state index is 0.0298. The lowest BCUT2D eigenvalue weighted by Gasteiger charge is -2.13. The zero-order valence-corrected chi connectivity index (χ0v) is 12.3. The molecule has 0 aliphatic rings. The van der Waals surface area contributed by atoms with Gasteiger partial charge in [-0.3, -0.25) is 9.48 Å². The molecule has 4 heteroatoms. The molecule has 106 valence electrons. The number of hydrogen-bond acceptors (Lipinski definition) is 2. The number of carbonyl (C=O) groups excluding carboxylic acids is 1. The number of anilines is 1. The van der Waals surface area contributed by atoms with Gasteiger partial charge in [0.05, 0.1) is 6.20 Å². The van der Waals surface area contributed by atoms with Gasteiger partial charge in [-0.05, 0) is 37.0 Å². The molecule has 4 nitrogen and oxygen atoms in total. The first-order chi connectivity index (χ1) is 9.60. The van der Waals surface area contributed by atoms with E-state index in [9.17, 15) is 4.79 Å². The number of aryl methyl sites for hydroxylation is 4. The van der Waals surface area contributed by atoms with Crippen LogP contribution < -0.4 is 5.32 Å². The standard InChI is InChI=1S/C16H21N3O/c1-4-14-7-5-6-13(3)16(14)18-15(20)8-9-19-11-12(2)10-17-19/h5-7,10-11H,4,8-9H2,1-3H3,(H,18,20). The smallest absolute Gasteiger partial charge is 0.226 e. The van der Waals surface area contributed by atoms with Gasteiger partial charge in [0, 0.05) is 24.8 Å². The number of rotatable bonds is 5. The fraction of sp³-hybridized carbons (Fsp3) is 0.375. The quantitative estimate of drug-likeness (QED) is 0.908. The Morgan fingerprint density at radius 1 is 1.35 bits per heavy atom. The maximum Gasteiger partial charge on any atom is 0.226 e. The van der Waals surface area contributed by atoms with Crippen LogP contribution in [0.4, 0.5) is 5.69 Å². The molecule has 0 atom stereocenters. The number of nitrogens with zero attached hydrogens (tertiary/aromatic N) is 2. The third-order valence-electron chi connectivity index (χ3n) is 3.33. The van der Waals surface area contributed by atoms with Gasteiger partial charge in [0.25, 0.3) is 0 Å². The van der Waals surface area contributed by atoms with Crippen molar-refractivity contribution < 1.29 is 4.79 Å². The molecule has 0 unspecified atom stereocenters. The molecule has 1 heterocycles. The Morgan fingerprint density at radius 3 is 2.80 bits per heavy atom. The second-order valence-corrected chi connectivity index (χ2v) is 5.04. The molecule has 0 saturated carbocycles. The van der Waals surface area contributed by atoms with Gasteiger partial charge in [-0.15, -0.1) is 0 Å². The van der Waals surface area contributed by atoms with Gasteiger partial charge in [0.2, 0.25) is 5.91 Å². The van der Waals surface area contributed by atoms with E-state index in [1.807, 2.05) is 32.2 Å². The van der Waals surface area contributed by atoms with Gasteiger partial charge >= 0.3 is 0 Å². The molecule has 0 bridgehead atoms. The van der Waals surface area contributed by atoms with Crippen LogP contribution in [0.5, 0.6) is 0 Å². The molecular weight excluding hydrogens is 250 g/mol. The highest BCUT2D eigenvalue weighted by Gasteiger charge is 2.08. The van der Waals surface area contributed by atoms with Crippen LogP contribution in [-0.2, 0) is 17.8 Å². The molecular formula is C16H21N3O. The summed E-state index contributed by atoms with van der Waals surface area (Å²) in [5.41, 5.74) is 4.34. The number of hydrogen-bond donors (Lipinski definition) is 1. The molecule has 2 rings (SSSR count). The molecule has 20 heavy (non-hydrogen) atoms. The highest BCUT2D eigenvalue weighted by atomic mass is 16.1. The zero-order valence-electron chi connectivity index (χ0n) is 12.3. The van der Waals surface area contributed by atoms with E-state index in [1.54, 1.807) is 10.9 Å². The van der Waals surface area contributed by atoms with Gasteiger partial charge < -0.3 is 5.32 Å². The topological polar surface area (TPSA) is 46.9 Å².